The highest BCUT2D eigenvalue weighted by Gasteiger charge is 2.18. The van der Waals surface area contributed by atoms with Crippen LogP contribution in [0.3, 0.4) is 0 Å². The molecule has 0 saturated heterocycles. The number of aryl methyl sites for hydroxylation is 1. The number of hydrogen-bond acceptors (Lipinski definition) is 6. The van der Waals surface area contributed by atoms with E-state index in [0.29, 0.717) is 53.8 Å². The highest BCUT2D eigenvalue weighted by Crippen LogP contribution is 2.33. The van der Waals surface area contributed by atoms with Crippen LogP contribution >= 0.6 is 0 Å². The van der Waals surface area contributed by atoms with E-state index in [9.17, 15) is 14.4 Å². The number of benzene rings is 1. The molecule has 2 N–H and O–H groups in total. The van der Waals surface area contributed by atoms with Crippen LogP contribution in [0.2, 0.25) is 0 Å². The van der Waals surface area contributed by atoms with Gasteiger partial charge in [-0.25, -0.2) is 4.79 Å². The van der Waals surface area contributed by atoms with Gasteiger partial charge in [0.1, 0.15) is 17.1 Å². The number of carbonyl (C=O) groups excluding carboxylic acids is 1. The van der Waals surface area contributed by atoms with Crippen molar-refractivity contribution in [2.45, 2.75) is 39.0 Å². The molecule has 0 aliphatic rings. The predicted molar refractivity (Wildman–Crippen MR) is 103 cm³/mol. The summed E-state index contributed by atoms with van der Waals surface area (Å²) in [5.41, 5.74) is 0.667. The molecule has 1 heterocycles. The fourth-order valence-electron chi connectivity index (χ4n) is 2.99. The van der Waals surface area contributed by atoms with E-state index in [1.807, 2.05) is 0 Å². The number of carbonyl (C=O) groups is 2. The summed E-state index contributed by atoms with van der Waals surface area (Å²) in [5.74, 6) is -0.118. The molecular formula is C20H25NO7. The molecule has 0 aliphatic carbocycles. The monoisotopic (exact) mass is 391 g/mol. The first kappa shape index (κ1) is 21.3. The number of aliphatic carboxylic acids is 1. The molecule has 0 unspecified atom stereocenters. The van der Waals surface area contributed by atoms with Gasteiger partial charge in [0.2, 0.25) is 5.91 Å². The Kier molecular flexibility index (Phi) is 7.43. The second kappa shape index (κ2) is 9.77. The Labute approximate surface area is 162 Å². The van der Waals surface area contributed by atoms with Gasteiger partial charge in [0.15, 0.2) is 0 Å². The third-order valence-electron chi connectivity index (χ3n) is 4.50. The van der Waals surface area contributed by atoms with Crippen molar-refractivity contribution >= 4 is 22.8 Å². The van der Waals surface area contributed by atoms with Gasteiger partial charge >= 0.3 is 11.6 Å². The molecule has 1 aromatic heterocycles. The molecule has 8 heteroatoms. The van der Waals surface area contributed by atoms with Crippen molar-refractivity contribution in [1.82, 2.24) is 5.32 Å². The van der Waals surface area contributed by atoms with Gasteiger partial charge < -0.3 is 24.3 Å². The number of nitrogens with one attached hydrogen (secondary N) is 1. The number of fused-ring (bicyclic) bond motifs is 1. The first-order chi connectivity index (χ1) is 13.4. The van der Waals surface area contributed by atoms with Gasteiger partial charge in [-0.1, -0.05) is 6.42 Å². The summed E-state index contributed by atoms with van der Waals surface area (Å²) in [5, 5.41) is 12.0. The molecule has 0 spiro atoms. The zero-order valence-corrected chi connectivity index (χ0v) is 16.3. The summed E-state index contributed by atoms with van der Waals surface area (Å²) >= 11 is 0. The minimum absolute atomic E-state index is 0.103. The van der Waals surface area contributed by atoms with E-state index in [2.05, 4.69) is 5.32 Å². The summed E-state index contributed by atoms with van der Waals surface area (Å²) in [6, 6.07) is 3.30. The maximum absolute atomic E-state index is 12.4. The smallest absolute Gasteiger partial charge is 0.340 e. The van der Waals surface area contributed by atoms with Crippen LogP contribution in [0.1, 0.15) is 36.8 Å². The Hall–Kier alpha value is -3.03. The lowest BCUT2D eigenvalue weighted by Gasteiger charge is -2.12. The van der Waals surface area contributed by atoms with Crippen LogP contribution in [0.5, 0.6) is 11.5 Å². The van der Waals surface area contributed by atoms with Gasteiger partial charge in [-0.2, -0.15) is 0 Å². The molecule has 2 rings (SSSR count). The Morgan fingerprint density at radius 1 is 1.14 bits per heavy atom. The van der Waals surface area contributed by atoms with Crippen LogP contribution in [0, 0.1) is 6.92 Å². The van der Waals surface area contributed by atoms with Crippen molar-refractivity contribution in [1.29, 1.82) is 0 Å². The lowest BCUT2D eigenvalue weighted by atomic mass is 10.0. The van der Waals surface area contributed by atoms with Crippen LogP contribution in [0.4, 0.5) is 0 Å². The average Bonchev–Trinajstić information content (AvgIpc) is 2.66. The number of ether oxygens (including phenoxy) is 2. The lowest BCUT2D eigenvalue weighted by Crippen LogP contribution is -2.28. The van der Waals surface area contributed by atoms with E-state index < -0.39 is 11.6 Å². The molecule has 152 valence electrons. The van der Waals surface area contributed by atoms with Gasteiger partial charge in [0, 0.05) is 25.1 Å². The molecule has 2 aromatic rings. The first-order valence-electron chi connectivity index (χ1n) is 9.04. The third-order valence-corrected chi connectivity index (χ3v) is 4.50. The number of rotatable bonds is 10. The fourth-order valence-corrected chi connectivity index (χ4v) is 2.99. The standard InChI is InChI=1S/C20H25NO7/c1-12-14(11-17(22)21-8-6-4-5-7-18(23)24)20(25)28-16-10-13(26-2)9-15(27-3)19(12)16/h9-10H,4-8,11H2,1-3H3,(H,21,22)(H,23,24). The molecule has 0 fully saturated rings. The fraction of sp³-hybridized carbons (Fsp3) is 0.450. The number of hydrogen-bond donors (Lipinski definition) is 2. The minimum Gasteiger partial charge on any atom is -0.496 e. The number of carboxylic acid groups (broad SMARTS) is 1. The average molecular weight is 391 g/mol. The van der Waals surface area contributed by atoms with Gasteiger partial charge in [-0.05, 0) is 25.3 Å². The second-order valence-electron chi connectivity index (χ2n) is 6.43. The van der Waals surface area contributed by atoms with Gasteiger partial charge in [-0.15, -0.1) is 0 Å². The molecule has 0 aliphatic heterocycles. The van der Waals surface area contributed by atoms with Crippen molar-refractivity contribution in [3.8, 4) is 11.5 Å². The Morgan fingerprint density at radius 2 is 1.89 bits per heavy atom. The van der Waals surface area contributed by atoms with Gasteiger partial charge in [-0.3, -0.25) is 9.59 Å². The van der Waals surface area contributed by atoms with Crippen molar-refractivity contribution in [2.24, 2.45) is 0 Å². The molecular weight excluding hydrogens is 366 g/mol. The zero-order chi connectivity index (χ0) is 20.7. The summed E-state index contributed by atoms with van der Waals surface area (Å²) in [4.78, 5) is 35.1. The molecule has 0 radical (unpaired) electrons. The van der Waals surface area contributed by atoms with E-state index in [1.54, 1.807) is 19.1 Å². The van der Waals surface area contributed by atoms with Crippen LogP contribution < -0.4 is 20.4 Å². The van der Waals surface area contributed by atoms with E-state index in [-0.39, 0.29) is 24.3 Å². The van der Waals surface area contributed by atoms with E-state index >= 15 is 0 Å². The summed E-state index contributed by atoms with van der Waals surface area (Å²) in [7, 11) is 3.02. The first-order valence-corrected chi connectivity index (χ1v) is 9.04. The SMILES string of the molecule is COc1cc(OC)c2c(C)c(CC(=O)NCCCCCC(=O)O)c(=O)oc2c1. The summed E-state index contributed by atoms with van der Waals surface area (Å²) in [6.07, 6.45) is 1.98. The van der Waals surface area contributed by atoms with Crippen LogP contribution in [0.25, 0.3) is 11.0 Å². The zero-order valence-electron chi connectivity index (χ0n) is 16.3. The molecule has 0 saturated carbocycles. The molecule has 28 heavy (non-hydrogen) atoms. The van der Waals surface area contributed by atoms with Crippen molar-refractivity contribution < 1.29 is 28.6 Å². The van der Waals surface area contributed by atoms with E-state index in [4.69, 9.17) is 19.0 Å². The Bertz CT molecular complexity index is 917. The lowest BCUT2D eigenvalue weighted by molar-refractivity contribution is -0.137. The second-order valence-corrected chi connectivity index (χ2v) is 6.43. The molecule has 0 atom stereocenters. The van der Waals surface area contributed by atoms with Crippen LogP contribution in [-0.2, 0) is 16.0 Å². The van der Waals surface area contributed by atoms with Crippen LogP contribution in [-0.4, -0.2) is 37.7 Å². The number of unbranched alkanes of at least 4 members (excludes halogenated alkanes) is 2. The minimum atomic E-state index is -0.824. The maximum atomic E-state index is 12.4. The third kappa shape index (κ3) is 5.25. The van der Waals surface area contributed by atoms with Crippen molar-refractivity contribution in [2.75, 3.05) is 20.8 Å². The molecule has 1 amide bonds. The molecule has 1 aromatic carbocycles. The normalized spacial score (nSPS) is 10.7. The Balaban J connectivity index is 2.11. The molecule has 0 bridgehead atoms. The highest BCUT2D eigenvalue weighted by atomic mass is 16.5. The number of amides is 1. The van der Waals surface area contributed by atoms with Crippen molar-refractivity contribution in [3.63, 3.8) is 0 Å². The van der Waals surface area contributed by atoms with E-state index in [0.717, 1.165) is 0 Å². The summed E-state index contributed by atoms with van der Waals surface area (Å²) in [6.45, 7) is 2.18. The largest absolute Gasteiger partial charge is 0.496 e. The number of carboxylic acids is 1. The van der Waals surface area contributed by atoms with Gasteiger partial charge in [0.25, 0.3) is 0 Å². The van der Waals surface area contributed by atoms with Gasteiger partial charge in [0.05, 0.1) is 31.6 Å². The topological polar surface area (TPSA) is 115 Å². The highest BCUT2D eigenvalue weighted by molar-refractivity contribution is 5.90. The van der Waals surface area contributed by atoms with Crippen molar-refractivity contribution in [3.05, 3.63) is 33.7 Å². The maximum Gasteiger partial charge on any atom is 0.340 e. The van der Waals surface area contributed by atoms with E-state index in [1.165, 1.54) is 14.2 Å². The number of methoxy groups -OCH3 is 2. The quantitative estimate of drug-likeness (QED) is 0.472. The molecule has 8 nitrogen and oxygen atoms in total. The van der Waals surface area contributed by atoms with Crippen LogP contribution in [0.15, 0.2) is 21.3 Å². The predicted octanol–water partition coefficient (Wildman–Crippen LogP) is 2.42. The summed E-state index contributed by atoms with van der Waals surface area (Å²) < 4.78 is 16.0. The Morgan fingerprint density at radius 3 is 2.54 bits per heavy atom.